The molecule has 4 nitrogen and oxygen atoms in total. The zero-order chi connectivity index (χ0) is 21.5. The van der Waals surface area contributed by atoms with E-state index in [1.54, 1.807) is 11.3 Å². The van der Waals surface area contributed by atoms with Gasteiger partial charge in [-0.15, -0.1) is 11.8 Å². The summed E-state index contributed by atoms with van der Waals surface area (Å²) < 4.78 is 1.19. The van der Waals surface area contributed by atoms with E-state index in [2.05, 4.69) is 69.2 Å². The van der Waals surface area contributed by atoms with Gasteiger partial charge in [0.15, 0.2) is 5.13 Å². The molecule has 0 aliphatic carbocycles. The summed E-state index contributed by atoms with van der Waals surface area (Å²) in [6, 6.07) is 14.6. The second-order valence-electron chi connectivity index (χ2n) is 7.84. The summed E-state index contributed by atoms with van der Waals surface area (Å²) in [5, 5.41) is 0.835. The monoisotopic (exact) mass is 441 g/mol. The third kappa shape index (κ3) is 6.06. The Morgan fingerprint density at radius 1 is 1.00 bits per heavy atom. The van der Waals surface area contributed by atoms with Gasteiger partial charge < -0.3 is 4.90 Å². The summed E-state index contributed by atoms with van der Waals surface area (Å²) in [6.45, 7) is 5.87. The van der Waals surface area contributed by atoms with Crippen molar-refractivity contribution in [1.29, 1.82) is 0 Å². The maximum absolute atomic E-state index is 13.1. The number of nitrogens with zero attached hydrogens (tertiary/aromatic N) is 3. The minimum absolute atomic E-state index is 0.178. The van der Waals surface area contributed by atoms with Crippen LogP contribution in [0.1, 0.15) is 30.4 Å². The van der Waals surface area contributed by atoms with E-state index in [0.29, 0.717) is 13.0 Å². The molecule has 0 fully saturated rings. The summed E-state index contributed by atoms with van der Waals surface area (Å²) in [6.07, 6.45) is 2.35. The van der Waals surface area contributed by atoms with Crippen molar-refractivity contribution < 1.29 is 4.79 Å². The van der Waals surface area contributed by atoms with Crippen molar-refractivity contribution in [2.24, 2.45) is 0 Å². The van der Waals surface area contributed by atoms with E-state index < -0.39 is 0 Å². The summed E-state index contributed by atoms with van der Waals surface area (Å²) in [5.74, 6) is 1.12. The highest BCUT2D eigenvalue weighted by Crippen LogP contribution is 2.33. The van der Waals surface area contributed by atoms with Crippen LogP contribution in [0.5, 0.6) is 0 Å². The first kappa shape index (κ1) is 22.8. The van der Waals surface area contributed by atoms with Crippen molar-refractivity contribution in [3.8, 4) is 0 Å². The Balaban J connectivity index is 1.69. The summed E-state index contributed by atoms with van der Waals surface area (Å²) in [7, 11) is 4.13. The largest absolute Gasteiger partial charge is 0.309 e. The van der Waals surface area contributed by atoms with Gasteiger partial charge in [-0.2, -0.15) is 0 Å². The Morgan fingerprint density at radius 3 is 2.43 bits per heavy atom. The molecule has 0 aliphatic rings. The fraction of sp³-hybridized carbons (Fsp3) is 0.417. The number of carbonyl (C=O) groups excluding carboxylic acids is 1. The van der Waals surface area contributed by atoms with E-state index >= 15 is 0 Å². The normalized spacial score (nSPS) is 11.4. The number of rotatable bonds is 10. The van der Waals surface area contributed by atoms with Crippen LogP contribution in [0.15, 0.2) is 47.4 Å². The number of aryl methyl sites for hydroxylation is 2. The number of carbonyl (C=O) groups is 1. The number of fused-ring (bicyclic) bond motifs is 1. The molecule has 0 spiro atoms. The molecule has 2 aromatic carbocycles. The molecule has 0 bridgehead atoms. The smallest absolute Gasteiger partial charge is 0.228 e. The molecule has 1 amide bonds. The Bertz CT molecular complexity index is 930. The number of aromatic nitrogens is 1. The lowest BCUT2D eigenvalue weighted by Crippen LogP contribution is -2.33. The molecule has 1 heterocycles. The van der Waals surface area contributed by atoms with Crippen molar-refractivity contribution >= 4 is 44.4 Å². The number of thioether (sulfide) groups is 1. The summed E-state index contributed by atoms with van der Waals surface area (Å²) in [4.78, 5) is 23.3. The van der Waals surface area contributed by atoms with Gasteiger partial charge in [-0.1, -0.05) is 41.7 Å². The van der Waals surface area contributed by atoms with Crippen LogP contribution < -0.4 is 4.90 Å². The summed E-state index contributed by atoms with van der Waals surface area (Å²) in [5.41, 5.74) is 3.41. The van der Waals surface area contributed by atoms with Crippen LogP contribution >= 0.6 is 23.1 Å². The Kier molecular flexibility index (Phi) is 8.31. The first-order valence-electron chi connectivity index (χ1n) is 10.5. The first-order valence-corrected chi connectivity index (χ1v) is 12.3. The molecule has 0 aliphatic heterocycles. The van der Waals surface area contributed by atoms with E-state index in [4.69, 9.17) is 4.98 Å². The van der Waals surface area contributed by atoms with Gasteiger partial charge in [0.05, 0.1) is 10.2 Å². The zero-order valence-corrected chi connectivity index (χ0v) is 20.0. The van der Waals surface area contributed by atoms with E-state index in [9.17, 15) is 4.79 Å². The SMILES string of the molecule is Cc1ccc(C)c2sc(N(CCCN(C)C)C(=O)CCCSc3ccccc3)nc12. The maximum Gasteiger partial charge on any atom is 0.228 e. The van der Waals surface area contributed by atoms with Crippen molar-refractivity contribution in [2.75, 3.05) is 37.8 Å². The number of amides is 1. The number of anilines is 1. The second-order valence-corrected chi connectivity index (χ2v) is 9.99. The van der Waals surface area contributed by atoms with Gasteiger partial charge in [-0.05, 0) is 76.3 Å². The molecular weight excluding hydrogens is 410 g/mol. The molecule has 0 saturated carbocycles. The standard InChI is InChI=1S/C24H31N3OS2/c1-18-13-14-19(2)23-22(18)25-24(30-23)27(16-9-15-26(3)4)21(28)12-8-17-29-20-10-6-5-7-11-20/h5-7,10-11,13-14H,8-9,12,15-17H2,1-4H3. The van der Waals surface area contributed by atoms with Crippen molar-refractivity contribution in [1.82, 2.24) is 9.88 Å². The molecule has 0 saturated heterocycles. The third-order valence-corrected chi connectivity index (χ3v) is 7.31. The topological polar surface area (TPSA) is 36.4 Å². The first-order chi connectivity index (χ1) is 14.5. The quantitative estimate of drug-likeness (QED) is 0.296. The van der Waals surface area contributed by atoms with Crippen LogP contribution in [-0.4, -0.2) is 48.7 Å². The van der Waals surface area contributed by atoms with E-state index in [1.165, 1.54) is 15.2 Å². The zero-order valence-electron chi connectivity index (χ0n) is 18.4. The fourth-order valence-corrected chi connectivity index (χ4v) is 5.33. The van der Waals surface area contributed by atoms with Gasteiger partial charge in [-0.25, -0.2) is 4.98 Å². The van der Waals surface area contributed by atoms with Crippen molar-refractivity contribution in [3.63, 3.8) is 0 Å². The molecular formula is C24H31N3OS2. The molecule has 0 unspecified atom stereocenters. The average Bonchev–Trinajstić information content (AvgIpc) is 3.18. The van der Waals surface area contributed by atoms with Gasteiger partial charge in [0, 0.05) is 17.9 Å². The highest BCUT2D eigenvalue weighted by Gasteiger charge is 2.20. The molecule has 30 heavy (non-hydrogen) atoms. The summed E-state index contributed by atoms with van der Waals surface area (Å²) >= 11 is 3.45. The van der Waals surface area contributed by atoms with Crippen LogP contribution in [-0.2, 0) is 4.79 Å². The predicted molar refractivity (Wildman–Crippen MR) is 131 cm³/mol. The minimum Gasteiger partial charge on any atom is -0.309 e. The average molecular weight is 442 g/mol. The molecule has 0 radical (unpaired) electrons. The van der Waals surface area contributed by atoms with Crippen LogP contribution in [0.25, 0.3) is 10.2 Å². The third-order valence-electron chi connectivity index (χ3n) is 5.00. The number of hydrogen-bond acceptors (Lipinski definition) is 5. The molecule has 6 heteroatoms. The van der Waals surface area contributed by atoms with Crippen molar-refractivity contribution in [2.45, 2.75) is 38.0 Å². The van der Waals surface area contributed by atoms with Crippen LogP contribution in [0.3, 0.4) is 0 Å². The van der Waals surface area contributed by atoms with E-state index in [0.717, 1.165) is 41.4 Å². The molecule has 1 aromatic heterocycles. The molecule has 3 rings (SSSR count). The van der Waals surface area contributed by atoms with Crippen molar-refractivity contribution in [3.05, 3.63) is 53.6 Å². The number of hydrogen-bond donors (Lipinski definition) is 0. The van der Waals surface area contributed by atoms with Crippen LogP contribution in [0.4, 0.5) is 5.13 Å². The van der Waals surface area contributed by atoms with Gasteiger partial charge in [0.25, 0.3) is 0 Å². The Labute approximate surface area is 188 Å². The number of thiazole rings is 1. The second kappa shape index (κ2) is 10.9. The molecule has 0 atom stereocenters. The van der Waals surface area contributed by atoms with E-state index in [1.807, 2.05) is 22.7 Å². The Hall–Kier alpha value is -1.89. The lowest BCUT2D eigenvalue weighted by Gasteiger charge is -2.21. The molecule has 160 valence electrons. The molecule has 0 N–H and O–H groups in total. The van der Waals surface area contributed by atoms with Gasteiger partial charge in [-0.3, -0.25) is 9.69 Å². The lowest BCUT2D eigenvalue weighted by molar-refractivity contribution is -0.118. The minimum atomic E-state index is 0.178. The van der Waals surface area contributed by atoms with Gasteiger partial charge in [0.2, 0.25) is 5.91 Å². The van der Waals surface area contributed by atoms with E-state index in [-0.39, 0.29) is 5.91 Å². The lowest BCUT2D eigenvalue weighted by atomic mass is 10.1. The highest BCUT2D eigenvalue weighted by atomic mass is 32.2. The van der Waals surface area contributed by atoms with Crippen LogP contribution in [0.2, 0.25) is 0 Å². The number of benzene rings is 2. The molecule has 3 aromatic rings. The van der Waals surface area contributed by atoms with Gasteiger partial charge in [0.1, 0.15) is 0 Å². The highest BCUT2D eigenvalue weighted by molar-refractivity contribution is 7.99. The fourth-order valence-electron chi connectivity index (χ4n) is 3.30. The van der Waals surface area contributed by atoms with Gasteiger partial charge >= 0.3 is 0 Å². The maximum atomic E-state index is 13.1. The Morgan fingerprint density at radius 2 is 1.73 bits per heavy atom. The van der Waals surface area contributed by atoms with Crippen LogP contribution in [0, 0.1) is 13.8 Å². The predicted octanol–water partition coefficient (Wildman–Crippen LogP) is 5.77.